The Bertz CT molecular complexity index is 299. The molecule has 4 nitrogen and oxygen atoms in total. The molecule has 0 rings (SSSR count). The van der Waals surface area contributed by atoms with Crippen molar-refractivity contribution in [1.29, 1.82) is 5.26 Å². The van der Waals surface area contributed by atoms with E-state index in [-0.39, 0.29) is 0 Å². The van der Waals surface area contributed by atoms with Crippen LogP contribution in [0.4, 0.5) is 0 Å². The van der Waals surface area contributed by atoms with Gasteiger partial charge < -0.3 is 0 Å². The highest BCUT2D eigenvalue weighted by Gasteiger charge is 2.10. The van der Waals surface area contributed by atoms with Crippen molar-refractivity contribution >= 4 is 15.6 Å². The Morgan fingerprint density at radius 2 is 2.09 bits per heavy atom. The van der Waals surface area contributed by atoms with Crippen LogP contribution < -0.4 is 0 Å². The summed E-state index contributed by atoms with van der Waals surface area (Å²) in [4.78, 5) is 10.8. The number of carbonyl (C=O) groups excluding carboxylic acids is 1. The topological polar surface area (TPSA) is 70.3 Å². The molecule has 1 unspecified atom stereocenters. The molecule has 1 amide bonds. The minimum atomic E-state index is -2.40. The summed E-state index contributed by atoms with van der Waals surface area (Å²) in [6.45, 7) is 1.43. The largest absolute Gasteiger partial charge is 0.270 e. The minimum Gasteiger partial charge on any atom is -0.270 e. The zero-order valence-corrected chi connectivity index (χ0v) is 7.51. The van der Waals surface area contributed by atoms with Crippen molar-refractivity contribution < 1.29 is 9.00 Å². The van der Waals surface area contributed by atoms with Crippen LogP contribution in [-0.4, -0.2) is 22.6 Å². The zero-order chi connectivity index (χ0) is 9.07. The Kier molecular flexibility index (Phi) is 3.20. The Hall–Kier alpha value is -0.890. The molecular weight excluding hydrogens is 164 g/mol. The molecule has 11 heavy (non-hydrogen) atoms. The molecule has 0 aliphatic heterocycles. The summed E-state index contributed by atoms with van der Waals surface area (Å²) in [5, 5.41) is 8.28. The summed E-state index contributed by atoms with van der Waals surface area (Å²) in [6.07, 6.45) is 2.71. The zero-order valence-electron chi connectivity index (χ0n) is 6.70. The average Bonchev–Trinajstić information content (AvgIpc) is 1.82. The van der Waals surface area contributed by atoms with Crippen molar-refractivity contribution in [2.75, 3.05) is 12.5 Å². The number of carbonyl (C=O) groups is 1. The molecule has 0 spiro atoms. The maximum absolute atomic E-state index is 10.9. The lowest BCUT2D eigenvalue weighted by Gasteiger charge is -1.95. The number of hydrogen-bond acceptors (Lipinski definition) is 3. The number of nitrogens with zero attached hydrogens (tertiary/aromatic N) is 2. The molecule has 5 heteroatoms. The third-order valence-electron chi connectivity index (χ3n) is 0.874. The Balaban J connectivity index is 4.60. The second kappa shape index (κ2) is 3.49. The number of hydrogen-bond donors (Lipinski definition) is 0. The van der Waals surface area contributed by atoms with Crippen molar-refractivity contribution in [2.45, 2.75) is 6.92 Å². The normalized spacial score (nSPS) is 13.3. The summed E-state index contributed by atoms with van der Waals surface area (Å²) < 4.78 is 14.3. The van der Waals surface area contributed by atoms with Gasteiger partial charge in [0.1, 0.15) is 5.92 Å². The highest BCUT2D eigenvalue weighted by molar-refractivity contribution is 7.92. The maximum Gasteiger partial charge on any atom is 0.270 e. The Labute approximate surface area is 66.4 Å². The second-order valence-electron chi connectivity index (χ2n) is 2.46. The fourth-order valence-corrected chi connectivity index (χ4v) is 0.942. The fourth-order valence-electron chi connectivity index (χ4n) is 0.351. The van der Waals surface area contributed by atoms with E-state index in [0.29, 0.717) is 0 Å². The van der Waals surface area contributed by atoms with Crippen molar-refractivity contribution in [3.8, 4) is 6.07 Å². The molecule has 0 radical (unpaired) electrons. The third-order valence-corrected chi connectivity index (χ3v) is 1.49. The van der Waals surface area contributed by atoms with Crippen LogP contribution in [0.3, 0.4) is 0 Å². The van der Waals surface area contributed by atoms with E-state index in [9.17, 15) is 9.00 Å². The fraction of sp³-hybridized carbons (Fsp3) is 0.667. The quantitative estimate of drug-likeness (QED) is 0.577. The lowest BCUT2D eigenvalue weighted by molar-refractivity contribution is -0.119. The van der Waals surface area contributed by atoms with Gasteiger partial charge in [0, 0.05) is 22.2 Å². The van der Waals surface area contributed by atoms with Gasteiger partial charge in [-0.05, 0) is 6.92 Å². The lowest BCUT2D eigenvalue weighted by atomic mass is 10.2. The van der Waals surface area contributed by atoms with Gasteiger partial charge in [0.15, 0.2) is 0 Å². The van der Waals surface area contributed by atoms with Gasteiger partial charge in [-0.2, -0.15) is 9.62 Å². The first-order valence-electron chi connectivity index (χ1n) is 2.97. The average molecular weight is 174 g/mol. The molecule has 0 aromatic rings. The smallest absolute Gasteiger partial charge is 0.270 e. The Morgan fingerprint density at radius 1 is 1.64 bits per heavy atom. The summed E-state index contributed by atoms with van der Waals surface area (Å²) >= 11 is 0. The van der Waals surface area contributed by atoms with Crippen LogP contribution in [0.15, 0.2) is 4.36 Å². The molecule has 0 bridgehead atoms. The Morgan fingerprint density at radius 3 is 2.36 bits per heavy atom. The van der Waals surface area contributed by atoms with Crippen LogP contribution >= 0.6 is 0 Å². The number of rotatable bonds is 1. The van der Waals surface area contributed by atoms with Crippen molar-refractivity contribution in [3.05, 3.63) is 0 Å². The van der Waals surface area contributed by atoms with E-state index in [1.807, 2.05) is 0 Å². The first-order valence-corrected chi connectivity index (χ1v) is 5.30. The molecule has 0 heterocycles. The monoisotopic (exact) mass is 174 g/mol. The summed E-state index contributed by atoms with van der Waals surface area (Å²) in [5.74, 6) is -1.40. The van der Waals surface area contributed by atoms with Crippen molar-refractivity contribution in [1.82, 2.24) is 0 Å². The van der Waals surface area contributed by atoms with Gasteiger partial charge in [-0.25, -0.2) is 4.21 Å². The predicted octanol–water partition coefficient (Wildman–Crippen LogP) is 0.400. The first-order chi connectivity index (χ1) is 4.87. The van der Waals surface area contributed by atoms with Crippen molar-refractivity contribution in [3.63, 3.8) is 0 Å². The molecular formula is C6H10N2O2S. The molecule has 0 saturated carbocycles. The van der Waals surface area contributed by atoms with Gasteiger partial charge in [0.2, 0.25) is 0 Å². The number of amides is 1. The van der Waals surface area contributed by atoms with Crippen LogP contribution in [0.2, 0.25) is 0 Å². The van der Waals surface area contributed by atoms with Gasteiger partial charge in [0.25, 0.3) is 5.91 Å². The lowest BCUT2D eigenvalue weighted by Crippen LogP contribution is -2.08. The van der Waals surface area contributed by atoms with Gasteiger partial charge in [-0.3, -0.25) is 4.79 Å². The molecule has 62 valence electrons. The van der Waals surface area contributed by atoms with E-state index in [0.717, 1.165) is 0 Å². The number of nitriles is 1. The molecule has 1 atom stereocenters. The van der Waals surface area contributed by atoms with Crippen LogP contribution in [0.25, 0.3) is 0 Å². The first kappa shape index (κ1) is 10.1. The van der Waals surface area contributed by atoms with E-state index in [1.54, 1.807) is 6.07 Å². The second-order valence-corrected chi connectivity index (χ2v) is 5.01. The third kappa shape index (κ3) is 4.51. The van der Waals surface area contributed by atoms with Gasteiger partial charge in [-0.1, -0.05) is 0 Å². The van der Waals surface area contributed by atoms with E-state index in [1.165, 1.54) is 19.4 Å². The SMILES string of the molecule is CC(C#N)C(=O)N=S(C)(C)=O. The van der Waals surface area contributed by atoms with Gasteiger partial charge in [0.05, 0.1) is 6.07 Å². The molecule has 0 aliphatic rings. The molecule has 0 aromatic carbocycles. The summed E-state index contributed by atoms with van der Waals surface area (Å²) in [6, 6.07) is 1.72. The van der Waals surface area contributed by atoms with Gasteiger partial charge in [-0.15, -0.1) is 0 Å². The molecule has 0 saturated heterocycles. The molecule has 0 N–H and O–H groups in total. The van der Waals surface area contributed by atoms with Crippen LogP contribution in [0.1, 0.15) is 6.92 Å². The maximum atomic E-state index is 10.9. The summed E-state index contributed by atoms with van der Waals surface area (Å²) in [7, 11) is -2.40. The van der Waals surface area contributed by atoms with Crippen molar-refractivity contribution in [2.24, 2.45) is 10.3 Å². The van der Waals surface area contributed by atoms with Crippen LogP contribution in [0.5, 0.6) is 0 Å². The van der Waals surface area contributed by atoms with E-state index in [4.69, 9.17) is 5.26 Å². The highest BCUT2D eigenvalue weighted by atomic mass is 32.2. The molecule has 0 aromatic heterocycles. The van der Waals surface area contributed by atoms with E-state index >= 15 is 0 Å². The van der Waals surface area contributed by atoms with Crippen LogP contribution in [-0.2, 0) is 14.5 Å². The molecule has 0 fully saturated rings. The van der Waals surface area contributed by atoms with Gasteiger partial charge >= 0.3 is 0 Å². The van der Waals surface area contributed by atoms with Crippen LogP contribution in [0, 0.1) is 17.2 Å². The predicted molar refractivity (Wildman–Crippen MR) is 42.2 cm³/mol. The molecule has 0 aliphatic carbocycles. The minimum absolute atomic E-state index is 0.609. The highest BCUT2D eigenvalue weighted by Crippen LogP contribution is 1.97. The summed E-state index contributed by atoms with van der Waals surface area (Å²) in [5.41, 5.74) is 0. The van der Waals surface area contributed by atoms with E-state index < -0.39 is 21.6 Å². The van der Waals surface area contributed by atoms with E-state index in [2.05, 4.69) is 4.36 Å². The standard InChI is InChI=1S/C6H10N2O2S/c1-5(4-7)6(9)8-11(2,3)10/h5H,1-3H3.